The molecule has 1 aliphatic rings. The summed E-state index contributed by atoms with van der Waals surface area (Å²) in [5.41, 5.74) is 3.69. The lowest BCUT2D eigenvalue weighted by molar-refractivity contribution is 0.102. The highest BCUT2D eigenvalue weighted by molar-refractivity contribution is 7.94. The molecule has 0 spiro atoms. The molecule has 0 saturated carbocycles. The number of anilines is 2. The summed E-state index contributed by atoms with van der Waals surface area (Å²) < 4.78 is 27.9. The second-order valence-electron chi connectivity index (χ2n) is 6.73. The standard InChI is InChI=1S/C21H20N2O3S2/c1-15-6-2-3-8-18(15)21(24)22-17-11-10-16-7-4-12-23(19(16)14-17)28(25,26)20-9-5-13-27-20/h2-3,5-6,8-11,13-14H,4,7,12H2,1H3,(H,22,24). The lowest BCUT2D eigenvalue weighted by Crippen LogP contribution is -2.35. The molecule has 0 atom stereocenters. The van der Waals surface area contributed by atoms with Crippen LogP contribution < -0.4 is 9.62 Å². The van der Waals surface area contributed by atoms with Crippen molar-refractivity contribution in [3.05, 3.63) is 76.7 Å². The van der Waals surface area contributed by atoms with Gasteiger partial charge in [0.15, 0.2) is 0 Å². The molecule has 0 unspecified atom stereocenters. The molecule has 7 heteroatoms. The summed E-state index contributed by atoms with van der Waals surface area (Å²) >= 11 is 1.21. The summed E-state index contributed by atoms with van der Waals surface area (Å²) in [4.78, 5) is 12.6. The van der Waals surface area contributed by atoms with Crippen molar-refractivity contribution in [2.24, 2.45) is 0 Å². The van der Waals surface area contributed by atoms with Crippen LogP contribution in [0, 0.1) is 6.92 Å². The van der Waals surface area contributed by atoms with Gasteiger partial charge in [-0.05, 0) is 60.5 Å². The molecular formula is C21H20N2O3S2. The number of fused-ring (bicyclic) bond motifs is 1. The maximum Gasteiger partial charge on any atom is 0.273 e. The van der Waals surface area contributed by atoms with Crippen LogP contribution in [0.5, 0.6) is 0 Å². The number of sulfonamides is 1. The van der Waals surface area contributed by atoms with Crippen LogP contribution in [0.25, 0.3) is 0 Å². The monoisotopic (exact) mass is 412 g/mol. The van der Waals surface area contributed by atoms with E-state index in [1.807, 2.05) is 37.3 Å². The van der Waals surface area contributed by atoms with Gasteiger partial charge in [-0.3, -0.25) is 9.10 Å². The zero-order chi connectivity index (χ0) is 19.7. The molecule has 1 N–H and O–H groups in total. The molecule has 144 valence electrons. The van der Waals surface area contributed by atoms with E-state index in [4.69, 9.17) is 0 Å². The molecule has 5 nitrogen and oxygen atoms in total. The minimum absolute atomic E-state index is 0.207. The Kier molecular flexibility index (Phi) is 4.95. The third kappa shape index (κ3) is 3.43. The first-order valence-corrected chi connectivity index (χ1v) is 11.3. The van der Waals surface area contributed by atoms with E-state index in [0.29, 0.717) is 27.7 Å². The molecule has 0 saturated heterocycles. The molecule has 4 rings (SSSR count). The maximum absolute atomic E-state index is 13.1. The number of nitrogens with one attached hydrogen (secondary N) is 1. The average Bonchev–Trinajstić information content (AvgIpc) is 3.23. The molecule has 0 fully saturated rings. The summed E-state index contributed by atoms with van der Waals surface area (Å²) in [5.74, 6) is -0.207. The van der Waals surface area contributed by atoms with Crippen LogP contribution in [0.3, 0.4) is 0 Å². The Labute approximate surface area is 168 Å². The number of rotatable bonds is 4. The Morgan fingerprint density at radius 3 is 2.68 bits per heavy atom. The van der Waals surface area contributed by atoms with E-state index in [-0.39, 0.29) is 5.91 Å². The normalized spacial score (nSPS) is 13.8. The summed E-state index contributed by atoms with van der Waals surface area (Å²) in [6.45, 7) is 2.32. The van der Waals surface area contributed by atoms with E-state index < -0.39 is 10.0 Å². The summed E-state index contributed by atoms with van der Waals surface area (Å²) in [7, 11) is -3.60. The largest absolute Gasteiger partial charge is 0.322 e. The maximum atomic E-state index is 13.1. The molecule has 3 aromatic rings. The van der Waals surface area contributed by atoms with Crippen molar-refractivity contribution in [2.45, 2.75) is 24.0 Å². The minimum Gasteiger partial charge on any atom is -0.322 e. The molecule has 1 aliphatic heterocycles. The van der Waals surface area contributed by atoms with Crippen molar-refractivity contribution in [1.82, 2.24) is 0 Å². The Morgan fingerprint density at radius 2 is 1.93 bits per heavy atom. The van der Waals surface area contributed by atoms with Crippen molar-refractivity contribution in [3.63, 3.8) is 0 Å². The molecular weight excluding hydrogens is 392 g/mol. The molecule has 0 aliphatic carbocycles. The van der Waals surface area contributed by atoms with Crippen LogP contribution in [0.1, 0.15) is 27.9 Å². The van der Waals surface area contributed by atoms with Crippen LogP contribution >= 0.6 is 11.3 Å². The SMILES string of the molecule is Cc1ccccc1C(=O)Nc1ccc2c(c1)N(S(=O)(=O)c1cccs1)CCC2. The number of carbonyl (C=O) groups is 1. The number of carbonyl (C=O) groups excluding carboxylic acids is 1. The van der Waals surface area contributed by atoms with Crippen LogP contribution in [-0.4, -0.2) is 20.9 Å². The second-order valence-corrected chi connectivity index (χ2v) is 9.76. The first-order valence-electron chi connectivity index (χ1n) is 9.03. The quantitative estimate of drug-likeness (QED) is 0.688. The summed E-state index contributed by atoms with van der Waals surface area (Å²) in [6, 6.07) is 16.2. The fourth-order valence-electron chi connectivity index (χ4n) is 3.41. The fraction of sp³-hybridized carbons (Fsp3) is 0.190. The Bertz CT molecular complexity index is 1120. The molecule has 28 heavy (non-hydrogen) atoms. The van der Waals surface area contributed by atoms with Crippen molar-refractivity contribution in [2.75, 3.05) is 16.2 Å². The van der Waals surface area contributed by atoms with Crippen molar-refractivity contribution >= 4 is 38.6 Å². The Balaban J connectivity index is 1.67. The lowest BCUT2D eigenvalue weighted by atomic mass is 10.0. The Morgan fingerprint density at radius 1 is 1.11 bits per heavy atom. The van der Waals surface area contributed by atoms with Crippen molar-refractivity contribution in [1.29, 1.82) is 0 Å². The van der Waals surface area contributed by atoms with E-state index >= 15 is 0 Å². The van der Waals surface area contributed by atoms with Crippen LogP contribution in [-0.2, 0) is 16.4 Å². The van der Waals surface area contributed by atoms with E-state index in [1.165, 1.54) is 15.6 Å². The van der Waals surface area contributed by atoms with Crippen LogP contribution in [0.15, 0.2) is 64.2 Å². The summed E-state index contributed by atoms with van der Waals surface area (Å²) in [5, 5.41) is 4.66. The topological polar surface area (TPSA) is 66.5 Å². The highest BCUT2D eigenvalue weighted by atomic mass is 32.2. The van der Waals surface area contributed by atoms with Gasteiger partial charge in [0.1, 0.15) is 4.21 Å². The highest BCUT2D eigenvalue weighted by Gasteiger charge is 2.30. The molecule has 2 aromatic carbocycles. The van der Waals surface area contributed by atoms with Gasteiger partial charge in [-0.25, -0.2) is 8.42 Å². The van der Waals surface area contributed by atoms with Gasteiger partial charge in [0, 0.05) is 17.8 Å². The van der Waals surface area contributed by atoms with Gasteiger partial charge >= 0.3 is 0 Å². The molecule has 0 bridgehead atoms. The van der Waals surface area contributed by atoms with Gasteiger partial charge in [0.2, 0.25) is 0 Å². The van der Waals surface area contributed by atoms with E-state index in [2.05, 4.69) is 5.32 Å². The van der Waals surface area contributed by atoms with Crippen LogP contribution in [0.2, 0.25) is 0 Å². The first kappa shape index (κ1) is 18.7. The second kappa shape index (κ2) is 7.41. The summed E-state index contributed by atoms with van der Waals surface area (Å²) in [6.07, 6.45) is 1.59. The van der Waals surface area contributed by atoms with Gasteiger partial charge in [0.25, 0.3) is 15.9 Å². The minimum atomic E-state index is -3.60. The third-order valence-electron chi connectivity index (χ3n) is 4.85. The number of amides is 1. The number of hydrogen-bond acceptors (Lipinski definition) is 4. The van der Waals surface area contributed by atoms with Crippen molar-refractivity contribution in [3.8, 4) is 0 Å². The zero-order valence-corrected chi connectivity index (χ0v) is 17.0. The first-order chi connectivity index (χ1) is 13.5. The van der Waals surface area contributed by atoms with E-state index in [9.17, 15) is 13.2 Å². The van der Waals surface area contributed by atoms with Gasteiger partial charge in [-0.2, -0.15) is 0 Å². The lowest BCUT2D eigenvalue weighted by Gasteiger charge is -2.30. The predicted molar refractivity (Wildman–Crippen MR) is 113 cm³/mol. The number of benzene rings is 2. The van der Waals surface area contributed by atoms with Gasteiger partial charge < -0.3 is 5.32 Å². The van der Waals surface area contributed by atoms with Gasteiger partial charge in [0.05, 0.1) is 5.69 Å². The number of thiophene rings is 1. The molecule has 0 radical (unpaired) electrons. The van der Waals surface area contributed by atoms with Crippen molar-refractivity contribution < 1.29 is 13.2 Å². The van der Waals surface area contributed by atoms with Crippen LogP contribution in [0.4, 0.5) is 11.4 Å². The molecule has 1 aromatic heterocycles. The predicted octanol–water partition coefficient (Wildman–Crippen LogP) is 4.45. The average molecular weight is 413 g/mol. The number of aryl methyl sites for hydroxylation is 2. The zero-order valence-electron chi connectivity index (χ0n) is 15.4. The molecule has 1 amide bonds. The fourth-order valence-corrected chi connectivity index (χ4v) is 6.05. The van der Waals surface area contributed by atoms with E-state index in [1.54, 1.807) is 29.6 Å². The van der Waals surface area contributed by atoms with E-state index in [0.717, 1.165) is 24.0 Å². The van der Waals surface area contributed by atoms with Gasteiger partial charge in [-0.15, -0.1) is 11.3 Å². The smallest absolute Gasteiger partial charge is 0.273 e. The molecule has 2 heterocycles. The number of hydrogen-bond donors (Lipinski definition) is 1. The van der Waals surface area contributed by atoms with Gasteiger partial charge in [-0.1, -0.05) is 30.3 Å². The highest BCUT2D eigenvalue weighted by Crippen LogP contribution is 2.35. The third-order valence-corrected chi connectivity index (χ3v) is 8.03. The Hall–Kier alpha value is -2.64. The number of nitrogens with zero attached hydrogens (tertiary/aromatic N) is 1.